The number of ether oxygens (including phenoxy) is 2. The summed E-state index contributed by atoms with van der Waals surface area (Å²) in [5.41, 5.74) is 0.839. The van der Waals surface area contributed by atoms with Crippen molar-refractivity contribution in [2.45, 2.75) is 18.9 Å². The van der Waals surface area contributed by atoms with Gasteiger partial charge in [-0.25, -0.2) is 4.79 Å². The molecule has 1 aromatic rings. The number of hydrogen-bond donors (Lipinski definition) is 1. The Balaban J connectivity index is 1.60. The monoisotopic (exact) mass is 333 g/mol. The Morgan fingerprint density at radius 2 is 1.75 bits per heavy atom. The molecule has 132 valence electrons. The van der Waals surface area contributed by atoms with E-state index >= 15 is 0 Å². The van der Waals surface area contributed by atoms with Crippen LogP contribution in [0.25, 0.3) is 0 Å². The molecule has 6 heteroatoms. The summed E-state index contributed by atoms with van der Waals surface area (Å²) < 4.78 is 10.9. The van der Waals surface area contributed by atoms with Gasteiger partial charge in [0.1, 0.15) is 0 Å². The summed E-state index contributed by atoms with van der Waals surface area (Å²) in [6, 6.07) is 9.89. The fourth-order valence-electron chi connectivity index (χ4n) is 3.24. The summed E-state index contributed by atoms with van der Waals surface area (Å²) in [5, 5.41) is 3.03. The Hall–Kier alpha value is -1.63. The van der Waals surface area contributed by atoms with Crippen LogP contribution in [0.15, 0.2) is 30.3 Å². The van der Waals surface area contributed by atoms with Gasteiger partial charge in [0.05, 0.1) is 13.2 Å². The zero-order valence-corrected chi connectivity index (χ0v) is 14.2. The van der Waals surface area contributed by atoms with E-state index in [1.807, 2.05) is 35.2 Å². The smallest absolute Gasteiger partial charge is 0.322 e. The number of morpholine rings is 1. The Morgan fingerprint density at radius 3 is 2.46 bits per heavy atom. The number of para-hydroxylation sites is 1. The van der Waals surface area contributed by atoms with Gasteiger partial charge in [-0.2, -0.15) is 0 Å². The summed E-state index contributed by atoms with van der Waals surface area (Å²) in [4.78, 5) is 17.2. The number of urea groups is 1. The molecule has 2 aliphatic heterocycles. The van der Waals surface area contributed by atoms with Crippen LogP contribution in [0.1, 0.15) is 12.8 Å². The number of anilines is 1. The van der Waals surface area contributed by atoms with Crippen molar-refractivity contribution < 1.29 is 14.3 Å². The molecule has 3 rings (SSSR count). The minimum atomic E-state index is -0.0126. The first-order valence-corrected chi connectivity index (χ1v) is 8.83. The van der Waals surface area contributed by atoms with Crippen LogP contribution in [0.3, 0.4) is 0 Å². The molecule has 24 heavy (non-hydrogen) atoms. The topological polar surface area (TPSA) is 54.0 Å². The van der Waals surface area contributed by atoms with Gasteiger partial charge in [0.2, 0.25) is 0 Å². The molecule has 1 N–H and O–H groups in total. The fourth-order valence-corrected chi connectivity index (χ4v) is 3.24. The third kappa shape index (κ3) is 4.93. The molecule has 0 bridgehead atoms. The number of amides is 2. The molecule has 0 saturated carbocycles. The van der Waals surface area contributed by atoms with Crippen molar-refractivity contribution in [3.63, 3.8) is 0 Å². The highest BCUT2D eigenvalue weighted by Crippen LogP contribution is 2.17. The Labute approximate surface area is 143 Å². The van der Waals surface area contributed by atoms with Crippen molar-refractivity contribution in [2.75, 3.05) is 57.9 Å². The summed E-state index contributed by atoms with van der Waals surface area (Å²) in [6.07, 6.45) is 1.82. The molecule has 2 saturated heterocycles. The van der Waals surface area contributed by atoms with Crippen molar-refractivity contribution in [1.82, 2.24) is 9.80 Å². The van der Waals surface area contributed by atoms with E-state index < -0.39 is 0 Å². The normalized spacial score (nSPS) is 19.8. The van der Waals surface area contributed by atoms with E-state index in [-0.39, 0.29) is 12.1 Å². The number of rotatable bonds is 5. The average Bonchev–Trinajstić information content (AvgIpc) is 2.64. The lowest BCUT2D eigenvalue weighted by Gasteiger charge is -2.36. The van der Waals surface area contributed by atoms with Crippen molar-refractivity contribution in [1.29, 1.82) is 0 Å². The first-order chi connectivity index (χ1) is 11.8. The SMILES string of the molecule is O=C(Nc1ccccc1)N(CCN1CCOCC1)C1CCOCC1. The molecule has 0 spiro atoms. The molecule has 0 atom stereocenters. The van der Waals surface area contributed by atoms with Crippen LogP contribution in [0.2, 0.25) is 0 Å². The van der Waals surface area contributed by atoms with Gasteiger partial charge in [-0.1, -0.05) is 18.2 Å². The minimum absolute atomic E-state index is 0.0126. The van der Waals surface area contributed by atoms with Gasteiger partial charge in [-0.05, 0) is 25.0 Å². The van der Waals surface area contributed by atoms with Crippen LogP contribution in [-0.2, 0) is 9.47 Å². The van der Waals surface area contributed by atoms with Gasteiger partial charge in [0, 0.05) is 51.1 Å². The maximum absolute atomic E-state index is 12.8. The van der Waals surface area contributed by atoms with E-state index in [4.69, 9.17) is 9.47 Å². The fraction of sp³-hybridized carbons (Fsp3) is 0.611. The zero-order valence-electron chi connectivity index (χ0n) is 14.2. The highest BCUT2D eigenvalue weighted by Gasteiger charge is 2.26. The lowest BCUT2D eigenvalue weighted by Crippen LogP contribution is -2.49. The molecule has 2 aliphatic rings. The van der Waals surface area contributed by atoms with Crippen molar-refractivity contribution in [2.24, 2.45) is 0 Å². The Bertz CT molecular complexity index is 499. The molecule has 0 radical (unpaired) electrons. The highest BCUT2D eigenvalue weighted by molar-refractivity contribution is 5.89. The number of hydrogen-bond acceptors (Lipinski definition) is 4. The molecule has 1 aromatic carbocycles. The third-order valence-corrected chi connectivity index (χ3v) is 4.68. The molecule has 0 aromatic heterocycles. The lowest BCUT2D eigenvalue weighted by atomic mass is 10.1. The van der Waals surface area contributed by atoms with Gasteiger partial charge in [-0.3, -0.25) is 4.90 Å². The van der Waals surface area contributed by atoms with E-state index in [2.05, 4.69) is 10.2 Å². The molecule has 2 fully saturated rings. The lowest BCUT2D eigenvalue weighted by molar-refractivity contribution is 0.0238. The number of nitrogens with one attached hydrogen (secondary N) is 1. The molecule has 6 nitrogen and oxygen atoms in total. The number of benzene rings is 1. The standard InChI is InChI=1S/C18H27N3O3/c22-18(19-16-4-2-1-3-5-16)21(17-6-12-23-13-7-17)9-8-20-10-14-24-15-11-20/h1-5,17H,6-15H2,(H,19,22). The number of nitrogens with zero attached hydrogens (tertiary/aromatic N) is 2. The molecule has 0 unspecified atom stereocenters. The Kier molecular flexibility index (Phi) is 6.46. The van der Waals surface area contributed by atoms with E-state index in [1.54, 1.807) is 0 Å². The van der Waals surface area contributed by atoms with Crippen LogP contribution in [0.4, 0.5) is 10.5 Å². The van der Waals surface area contributed by atoms with Gasteiger partial charge >= 0.3 is 6.03 Å². The second-order valence-corrected chi connectivity index (χ2v) is 6.29. The van der Waals surface area contributed by atoms with Crippen molar-refractivity contribution in [3.8, 4) is 0 Å². The predicted octanol–water partition coefficient (Wildman–Crippen LogP) is 2.03. The first-order valence-electron chi connectivity index (χ1n) is 8.83. The summed E-state index contributed by atoms with van der Waals surface area (Å²) in [5.74, 6) is 0. The van der Waals surface area contributed by atoms with Gasteiger partial charge in [-0.15, -0.1) is 0 Å². The summed E-state index contributed by atoms with van der Waals surface area (Å²) >= 11 is 0. The molecular weight excluding hydrogens is 306 g/mol. The largest absolute Gasteiger partial charge is 0.381 e. The maximum Gasteiger partial charge on any atom is 0.322 e. The van der Waals surface area contributed by atoms with Crippen LogP contribution in [0.5, 0.6) is 0 Å². The number of carbonyl (C=O) groups is 1. The molecule has 2 heterocycles. The molecule has 2 amide bonds. The Morgan fingerprint density at radius 1 is 1.08 bits per heavy atom. The van der Waals surface area contributed by atoms with Gasteiger partial charge < -0.3 is 19.7 Å². The average molecular weight is 333 g/mol. The van der Waals surface area contributed by atoms with Crippen molar-refractivity contribution >= 4 is 11.7 Å². The first kappa shape index (κ1) is 17.2. The van der Waals surface area contributed by atoms with E-state index in [1.165, 1.54) is 0 Å². The van der Waals surface area contributed by atoms with Gasteiger partial charge in [0.15, 0.2) is 0 Å². The van der Waals surface area contributed by atoms with Crippen molar-refractivity contribution in [3.05, 3.63) is 30.3 Å². The summed E-state index contributed by atoms with van der Waals surface area (Å²) in [6.45, 7) is 6.56. The highest BCUT2D eigenvalue weighted by atomic mass is 16.5. The van der Waals surface area contributed by atoms with E-state index in [0.717, 1.165) is 71.1 Å². The summed E-state index contributed by atoms with van der Waals surface area (Å²) in [7, 11) is 0. The van der Waals surface area contributed by atoms with Crippen LogP contribution in [-0.4, -0.2) is 74.5 Å². The predicted molar refractivity (Wildman–Crippen MR) is 93.3 cm³/mol. The van der Waals surface area contributed by atoms with Gasteiger partial charge in [0.25, 0.3) is 0 Å². The number of carbonyl (C=O) groups excluding carboxylic acids is 1. The maximum atomic E-state index is 12.8. The molecular formula is C18H27N3O3. The van der Waals surface area contributed by atoms with Crippen LogP contribution < -0.4 is 5.32 Å². The van der Waals surface area contributed by atoms with E-state index in [9.17, 15) is 4.79 Å². The quantitative estimate of drug-likeness (QED) is 0.896. The van der Waals surface area contributed by atoms with E-state index in [0.29, 0.717) is 0 Å². The third-order valence-electron chi connectivity index (χ3n) is 4.68. The van der Waals surface area contributed by atoms with Crippen LogP contribution >= 0.6 is 0 Å². The second kappa shape index (κ2) is 9.01. The zero-order chi connectivity index (χ0) is 16.6. The van der Waals surface area contributed by atoms with Crippen LogP contribution in [0, 0.1) is 0 Å². The second-order valence-electron chi connectivity index (χ2n) is 6.29. The molecule has 0 aliphatic carbocycles. The minimum Gasteiger partial charge on any atom is -0.381 e.